The van der Waals surface area contributed by atoms with E-state index < -0.39 is 10.0 Å². The average Bonchev–Trinajstić information content (AvgIpc) is 3.08. The van der Waals surface area contributed by atoms with Gasteiger partial charge in [-0.15, -0.1) is 0 Å². The summed E-state index contributed by atoms with van der Waals surface area (Å²) in [5.74, 6) is 0. The van der Waals surface area contributed by atoms with Gasteiger partial charge >= 0.3 is 0 Å². The van der Waals surface area contributed by atoms with Gasteiger partial charge in [0.1, 0.15) is 6.10 Å². The Hall–Kier alpha value is -0.700. The maximum atomic E-state index is 12.3. The van der Waals surface area contributed by atoms with Crippen LogP contribution in [0.5, 0.6) is 5.19 Å². The molecule has 0 saturated carbocycles. The van der Waals surface area contributed by atoms with Gasteiger partial charge in [-0.1, -0.05) is 11.3 Å². The number of rotatable bonds is 5. The molecule has 2 aliphatic rings. The van der Waals surface area contributed by atoms with E-state index in [4.69, 9.17) is 4.74 Å². The lowest BCUT2D eigenvalue weighted by molar-refractivity contribution is 0.0583. The van der Waals surface area contributed by atoms with E-state index in [1.165, 1.54) is 0 Å². The highest BCUT2D eigenvalue weighted by Crippen LogP contribution is 2.26. The van der Waals surface area contributed by atoms with Crippen LogP contribution in [-0.2, 0) is 10.0 Å². The molecule has 8 heteroatoms. The molecule has 1 aromatic heterocycles. The van der Waals surface area contributed by atoms with Gasteiger partial charge in [-0.05, 0) is 39.5 Å². The highest BCUT2D eigenvalue weighted by atomic mass is 32.2. The van der Waals surface area contributed by atoms with E-state index in [0.29, 0.717) is 19.1 Å². The Kier molecular flexibility index (Phi) is 5.79. The molecule has 6 nitrogen and oxygen atoms in total. The minimum Gasteiger partial charge on any atom is -0.467 e. The maximum Gasteiger partial charge on any atom is 0.273 e. The van der Waals surface area contributed by atoms with Crippen molar-refractivity contribution in [3.8, 4) is 5.19 Å². The molecule has 0 spiro atoms. The smallest absolute Gasteiger partial charge is 0.273 e. The fraction of sp³-hybridized carbons (Fsp3) is 0.812. The number of piperidine rings is 2. The van der Waals surface area contributed by atoms with Crippen molar-refractivity contribution < 1.29 is 13.2 Å². The van der Waals surface area contributed by atoms with Gasteiger partial charge in [-0.25, -0.2) is 17.7 Å². The fourth-order valence-electron chi connectivity index (χ4n) is 3.53. The number of sulfonamides is 1. The van der Waals surface area contributed by atoms with Crippen LogP contribution in [0.2, 0.25) is 0 Å². The third-order valence-electron chi connectivity index (χ3n) is 5.05. The molecule has 0 bridgehead atoms. The summed E-state index contributed by atoms with van der Waals surface area (Å²) in [5, 5.41) is 2.37. The topological polar surface area (TPSA) is 62.7 Å². The van der Waals surface area contributed by atoms with Crippen molar-refractivity contribution in [1.82, 2.24) is 14.2 Å². The average molecular weight is 374 g/mol. The van der Waals surface area contributed by atoms with Gasteiger partial charge in [0, 0.05) is 43.8 Å². The van der Waals surface area contributed by atoms with Gasteiger partial charge in [0.25, 0.3) is 5.19 Å². The highest BCUT2D eigenvalue weighted by Gasteiger charge is 2.33. The molecule has 0 amide bonds. The number of nitrogens with zero attached hydrogens (tertiary/aromatic N) is 3. The third kappa shape index (κ3) is 4.09. The lowest BCUT2D eigenvalue weighted by atomic mass is 10.00. The quantitative estimate of drug-likeness (QED) is 0.792. The first-order valence-electron chi connectivity index (χ1n) is 8.76. The molecule has 0 radical (unpaired) electrons. The van der Waals surface area contributed by atoms with E-state index in [-0.39, 0.29) is 11.4 Å². The van der Waals surface area contributed by atoms with Crippen LogP contribution in [0.25, 0.3) is 0 Å². The van der Waals surface area contributed by atoms with Crippen molar-refractivity contribution in [3.05, 3.63) is 11.6 Å². The van der Waals surface area contributed by atoms with Crippen molar-refractivity contribution in [3.63, 3.8) is 0 Å². The Bertz CT molecular complexity index is 603. The minimum atomic E-state index is -3.10. The van der Waals surface area contributed by atoms with E-state index >= 15 is 0 Å². The molecular weight excluding hydrogens is 346 g/mol. The Labute approximate surface area is 148 Å². The van der Waals surface area contributed by atoms with Crippen molar-refractivity contribution in [2.75, 3.05) is 26.2 Å². The second kappa shape index (κ2) is 7.68. The molecule has 0 aromatic carbocycles. The van der Waals surface area contributed by atoms with E-state index in [9.17, 15) is 8.42 Å². The number of hydrogen-bond donors (Lipinski definition) is 0. The van der Waals surface area contributed by atoms with E-state index in [1.54, 1.807) is 35.7 Å². The summed E-state index contributed by atoms with van der Waals surface area (Å²) < 4.78 is 32.1. The lowest BCUT2D eigenvalue weighted by Gasteiger charge is -2.41. The van der Waals surface area contributed by atoms with Crippen molar-refractivity contribution in [2.24, 2.45) is 0 Å². The summed E-state index contributed by atoms with van der Waals surface area (Å²) in [5.41, 5.74) is 0. The number of aromatic nitrogens is 1. The van der Waals surface area contributed by atoms with Crippen LogP contribution in [-0.4, -0.2) is 66.2 Å². The van der Waals surface area contributed by atoms with Crippen molar-refractivity contribution >= 4 is 21.4 Å². The zero-order valence-corrected chi connectivity index (χ0v) is 16.1. The standard InChI is InChI=1S/C16H27N3O3S2/c1-13(2)24(20,21)19-10-3-14(4-11-19)18-8-5-15(6-9-18)22-16-17-7-12-23-16/h7,12-15H,3-6,8-11H2,1-2H3. The van der Waals surface area contributed by atoms with Crippen LogP contribution >= 0.6 is 11.3 Å². The zero-order chi connectivity index (χ0) is 17.2. The third-order valence-corrected chi connectivity index (χ3v) is 7.99. The molecule has 0 aliphatic carbocycles. The molecule has 2 saturated heterocycles. The van der Waals surface area contributed by atoms with Gasteiger partial charge in [0.15, 0.2) is 0 Å². The first-order chi connectivity index (χ1) is 11.5. The molecule has 0 atom stereocenters. The second-order valence-electron chi connectivity index (χ2n) is 6.88. The van der Waals surface area contributed by atoms with Crippen LogP contribution < -0.4 is 4.74 Å². The van der Waals surface area contributed by atoms with Gasteiger partial charge in [-0.3, -0.25) is 0 Å². The molecule has 24 heavy (non-hydrogen) atoms. The Morgan fingerprint density at radius 2 is 1.83 bits per heavy atom. The molecule has 136 valence electrons. The number of thiazole rings is 1. The van der Waals surface area contributed by atoms with E-state index in [0.717, 1.165) is 44.0 Å². The summed E-state index contributed by atoms with van der Waals surface area (Å²) in [6.45, 7) is 6.88. The summed E-state index contributed by atoms with van der Waals surface area (Å²) in [4.78, 5) is 6.70. The van der Waals surface area contributed by atoms with Gasteiger partial charge in [-0.2, -0.15) is 0 Å². The predicted octanol–water partition coefficient (Wildman–Crippen LogP) is 2.19. The first-order valence-corrected chi connectivity index (χ1v) is 11.1. The SMILES string of the molecule is CC(C)S(=O)(=O)N1CCC(N2CCC(Oc3nccs3)CC2)CC1. The number of hydrogen-bond acceptors (Lipinski definition) is 6. The van der Waals surface area contributed by atoms with Gasteiger partial charge < -0.3 is 9.64 Å². The maximum absolute atomic E-state index is 12.3. The molecule has 1 aromatic rings. The van der Waals surface area contributed by atoms with Crippen LogP contribution in [0.15, 0.2) is 11.6 Å². The van der Waals surface area contributed by atoms with E-state index in [2.05, 4.69) is 9.88 Å². The Balaban J connectivity index is 1.45. The van der Waals surface area contributed by atoms with Crippen molar-refractivity contribution in [2.45, 2.75) is 56.9 Å². The molecule has 0 N–H and O–H groups in total. The van der Waals surface area contributed by atoms with Gasteiger partial charge in [0.05, 0.1) is 5.25 Å². The molecule has 2 aliphatic heterocycles. The molecule has 2 fully saturated rings. The molecule has 3 heterocycles. The second-order valence-corrected chi connectivity index (χ2v) is 10.2. The number of ether oxygens (including phenoxy) is 1. The van der Waals surface area contributed by atoms with Crippen molar-refractivity contribution in [1.29, 1.82) is 0 Å². The Morgan fingerprint density at radius 3 is 2.38 bits per heavy atom. The predicted molar refractivity (Wildman–Crippen MR) is 96.0 cm³/mol. The molecule has 3 rings (SSSR count). The largest absolute Gasteiger partial charge is 0.467 e. The highest BCUT2D eigenvalue weighted by molar-refractivity contribution is 7.89. The summed E-state index contributed by atoms with van der Waals surface area (Å²) in [7, 11) is -3.10. The van der Waals surface area contributed by atoms with Crippen LogP contribution in [0, 0.1) is 0 Å². The Morgan fingerprint density at radius 1 is 1.17 bits per heavy atom. The van der Waals surface area contributed by atoms with Crippen LogP contribution in [0.4, 0.5) is 0 Å². The molecule has 0 unspecified atom stereocenters. The molecular formula is C16H27N3O3S2. The van der Waals surface area contributed by atoms with E-state index in [1.807, 2.05) is 5.38 Å². The number of likely N-dealkylation sites (tertiary alicyclic amines) is 1. The summed E-state index contributed by atoms with van der Waals surface area (Å²) >= 11 is 1.54. The first kappa shape index (κ1) is 18.1. The summed E-state index contributed by atoms with van der Waals surface area (Å²) in [6, 6.07) is 0.504. The monoisotopic (exact) mass is 373 g/mol. The fourth-order valence-corrected chi connectivity index (χ4v) is 5.40. The zero-order valence-electron chi connectivity index (χ0n) is 14.4. The van der Waals surface area contributed by atoms with Crippen LogP contribution in [0.1, 0.15) is 39.5 Å². The minimum absolute atomic E-state index is 0.258. The normalized spacial score (nSPS) is 23.0. The lowest BCUT2D eigenvalue weighted by Crippen LogP contribution is -2.50. The van der Waals surface area contributed by atoms with Crippen LogP contribution in [0.3, 0.4) is 0 Å². The van der Waals surface area contributed by atoms with Gasteiger partial charge in [0.2, 0.25) is 10.0 Å². The summed E-state index contributed by atoms with van der Waals surface area (Å²) in [6.07, 6.45) is 5.93.